The van der Waals surface area contributed by atoms with Crippen molar-refractivity contribution in [1.29, 1.82) is 0 Å². The van der Waals surface area contributed by atoms with Crippen molar-refractivity contribution < 1.29 is 4.79 Å². The van der Waals surface area contributed by atoms with E-state index in [4.69, 9.17) is 18.0 Å². The van der Waals surface area contributed by atoms with Crippen molar-refractivity contribution in [2.24, 2.45) is 5.73 Å². The van der Waals surface area contributed by atoms with E-state index in [1.54, 1.807) is 12.4 Å². The van der Waals surface area contributed by atoms with Crippen LogP contribution in [0, 0.1) is 6.92 Å². The Bertz CT molecular complexity index is 628. The van der Waals surface area contributed by atoms with Crippen LogP contribution in [-0.4, -0.2) is 20.9 Å². The van der Waals surface area contributed by atoms with Crippen molar-refractivity contribution in [2.45, 2.75) is 19.4 Å². The summed E-state index contributed by atoms with van der Waals surface area (Å²) in [6, 6.07) is 9.22. The molecule has 1 atom stereocenters. The summed E-state index contributed by atoms with van der Waals surface area (Å²) in [5, 5.41) is 2.79. The van der Waals surface area contributed by atoms with E-state index in [0.717, 1.165) is 11.3 Å². The number of thiocarbonyl (C=S) groups is 1. The highest BCUT2D eigenvalue weighted by atomic mass is 32.1. The highest BCUT2D eigenvalue weighted by Crippen LogP contribution is 2.16. The number of benzene rings is 1. The third-order valence-corrected chi connectivity index (χ3v) is 3.19. The standard InChI is InChI=1S/C15H16N4OS/c1-10-7-18-12(8-17-10)9-19-15(20)13(14(16)21)11-5-3-2-4-6-11/h2-8,13H,9H2,1H3,(H2,16,21)(H,19,20). The van der Waals surface area contributed by atoms with E-state index in [1.165, 1.54) is 0 Å². The molecule has 0 aliphatic rings. The molecule has 0 radical (unpaired) electrons. The quantitative estimate of drug-likeness (QED) is 0.817. The third kappa shape index (κ3) is 4.06. The molecule has 0 aliphatic heterocycles. The van der Waals surface area contributed by atoms with Crippen LogP contribution in [0.1, 0.15) is 22.9 Å². The molecular formula is C15H16N4OS. The fourth-order valence-corrected chi connectivity index (χ4v) is 2.12. The highest BCUT2D eigenvalue weighted by molar-refractivity contribution is 7.80. The topological polar surface area (TPSA) is 80.9 Å². The minimum Gasteiger partial charge on any atom is -0.392 e. The Morgan fingerprint density at radius 1 is 1.29 bits per heavy atom. The molecule has 6 heteroatoms. The van der Waals surface area contributed by atoms with Gasteiger partial charge in [0, 0.05) is 6.20 Å². The zero-order valence-electron chi connectivity index (χ0n) is 11.6. The minimum atomic E-state index is -0.639. The molecule has 0 aliphatic carbocycles. The smallest absolute Gasteiger partial charge is 0.234 e. The number of hydrogen-bond acceptors (Lipinski definition) is 4. The second-order valence-corrected chi connectivity index (χ2v) is 5.08. The highest BCUT2D eigenvalue weighted by Gasteiger charge is 2.23. The summed E-state index contributed by atoms with van der Waals surface area (Å²) in [6.07, 6.45) is 3.29. The summed E-state index contributed by atoms with van der Waals surface area (Å²) >= 11 is 5.01. The number of nitrogens with zero attached hydrogens (tertiary/aromatic N) is 2. The van der Waals surface area contributed by atoms with E-state index in [-0.39, 0.29) is 17.4 Å². The van der Waals surface area contributed by atoms with E-state index in [9.17, 15) is 4.79 Å². The van der Waals surface area contributed by atoms with Crippen molar-refractivity contribution >= 4 is 23.1 Å². The molecule has 0 spiro atoms. The molecule has 108 valence electrons. The predicted octanol–water partition coefficient (Wildman–Crippen LogP) is 1.47. The minimum absolute atomic E-state index is 0.147. The van der Waals surface area contributed by atoms with Crippen LogP contribution in [0.5, 0.6) is 0 Å². The second kappa shape index (κ2) is 6.90. The first-order valence-corrected chi connectivity index (χ1v) is 6.88. The van der Waals surface area contributed by atoms with Gasteiger partial charge in [0.05, 0.1) is 29.1 Å². The first-order chi connectivity index (χ1) is 10.1. The van der Waals surface area contributed by atoms with Gasteiger partial charge >= 0.3 is 0 Å². The van der Waals surface area contributed by atoms with Gasteiger partial charge in [0.1, 0.15) is 5.92 Å². The summed E-state index contributed by atoms with van der Waals surface area (Å²) in [4.78, 5) is 20.8. The van der Waals surface area contributed by atoms with Gasteiger partial charge in [-0.1, -0.05) is 42.5 Å². The number of hydrogen-bond donors (Lipinski definition) is 2. The second-order valence-electron chi connectivity index (χ2n) is 4.61. The van der Waals surface area contributed by atoms with Crippen molar-refractivity contribution in [3.05, 3.63) is 59.7 Å². The van der Waals surface area contributed by atoms with Crippen LogP contribution in [0.2, 0.25) is 0 Å². The number of amides is 1. The monoisotopic (exact) mass is 300 g/mol. The molecule has 1 aromatic heterocycles. The molecule has 5 nitrogen and oxygen atoms in total. The Morgan fingerprint density at radius 2 is 2.00 bits per heavy atom. The lowest BCUT2D eigenvalue weighted by Crippen LogP contribution is -2.36. The molecule has 21 heavy (non-hydrogen) atoms. The SMILES string of the molecule is Cc1cnc(CNC(=O)C(C(N)=S)c2ccccc2)cn1. The van der Waals surface area contributed by atoms with Crippen LogP contribution in [-0.2, 0) is 11.3 Å². The van der Waals surface area contributed by atoms with Crippen LogP contribution in [0.25, 0.3) is 0 Å². The van der Waals surface area contributed by atoms with Crippen LogP contribution < -0.4 is 11.1 Å². The van der Waals surface area contributed by atoms with Crippen molar-refractivity contribution in [1.82, 2.24) is 15.3 Å². The van der Waals surface area contributed by atoms with Gasteiger partial charge in [0.25, 0.3) is 0 Å². The van der Waals surface area contributed by atoms with Gasteiger partial charge in [0.2, 0.25) is 5.91 Å². The molecular weight excluding hydrogens is 284 g/mol. The summed E-state index contributed by atoms with van der Waals surface area (Å²) in [5.74, 6) is -0.879. The zero-order chi connectivity index (χ0) is 15.2. The molecule has 1 amide bonds. The molecule has 0 bridgehead atoms. The first-order valence-electron chi connectivity index (χ1n) is 6.47. The number of carbonyl (C=O) groups is 1. The molecule has 1 aromatic carbocycles. The molecule has 1 heterocycles. The first kappa shape index (κ1) is 15.1. The normalized spacial score (nSPS) is 11.7. The molecule has 0 saturated heterocycles. The number of aromatic nitrogens is 2. The summed E-state index contributed by atoms with van der Waals surface area (Å²) in [5.41, 5.74) is 7.99. The van der Waals surface area contributed by atoms with Crippen LogP contribution in [0.3, 0.4) is 0 Å². The molecule has 1 unspecified atom stereocenters. The van der Waals surface area contributed by atoms with E-state index in [2.05, 4.69) is 15.3 Å². The van der Waals surface area contributed by atoms with Gasteiger partial charge in [0.15, 0.2) is 0 Å². The summed E-state index contributed by atoms with van der Waals surface area (Å²) < 4.78 is 0. The van der Waals surface area contributed by atoms with Gasteiger partial charge in [-0.25, -0.2) is 0 Å². The fourth-order valence-electron chi connectivity index (χ4n) is 1.88. The van der Waals surface area contributed by atoms with E-state index >= 15 is 0 Å². The lowest BCUT2D eigenvalue weighted by Gasteiger charge is -2.15. The Labute approximate surface area is 128 Å². The number of nitrogens with two attached hydrogens (primary N) is 1. The number of nitrogens with one attached hydrogen (secondary N) is 1. The van der Waals surface area contributed by atoms with Gasteiger partial charge in [-0.15, -0.1) is 0 Å². The van der Waals surface area contributed by atoms with Gasteiger partial charge in [-0.3, -0.25) is 14.8 Å². The molecule has 2 rings (SSSR count). The Morgan fingerprint density at radius 3 is 2.57 bits per heavy atom. The maximum Gasteiger partial charge on any atom is 0.234 e. The van der Waals surface area contributed by atoms with Crippen molar-refractivity contribution in [2.75, 3.05) is 0 Å². The average Bonchev–Trinajstić information content (AvgIpc) is 2.47. The Hall–Kier alpha value is -2.34. The number of aryl methyl sites for hydroxylation is 1. The lowest BCUT2D eigenvalue weighted by molar-refractivity contribution is -0.121. The zero-order valence-corrected chi connectivity index (χ0v) is 12.4. The average molecular weight is 300 g/mol. The Kier molecular flexibility index (Phi) is 4.94. The van der Waals surface area contributed by atoms with Crippen LogP contribution in [0.15, 0.2) is 42.7 Å². The summed E-state index contributed by atoms with van der Waals surface area (Å²) in [6.45, 7) is 2.14. The largest absolute Gasteiger partial charge is 0.392 e. The van der Waals surface area contributed by atoms with Crippen molar-refractivity contribution in [3.8, 4) is 0 Å². The molecule has 3 N–H and O–H groups in total. The van der Waals surface area contributed by atoms with Gasteiger partial charge in [-0.05, 0) is 12.5 Å². The number of rotatable bonds is 5. The predicted molar refractivity (Wildman–Crippen MR) is 84.6 cm³/mol. The fraction of sp³-hybridized carbons (Fsp3) is 0.200. The molecule has 2 aromatic rings. The van der Waals surface area contributed by atoms with E-state index < -0.39 is 5.92 Å². The van der Waals surface area contributed by atoms with Crippen LogP contribution in [0.4, 0.5) is 0 Å². The number of carbonyl (C=O) groups excluding carboxylic acids is 1. The Balaban J connectivity index is 2.06. The van der Waals surface area contributed by atoms with Crippen LogP contribution >= 0.6 is 12.2 Å². The van der Waals surface area contributed by atoms with Gasteiger partial charge < -0.3 is 11.1 Å². The van der Waals surface area contributed by atoms with E-state index in [0.29, 0.717) is 5.69 Å². The van der Waals surface area contributed by atoms with Crippen molar-refractivity contribution in [3.63, 3.8) is 0 Å². The van der Waals surface area contributed by atoms with E-state index in [1.807, 2.05) is 37.3 Å². The molecule has 0 fully saturated rings. The third-order valence-electron chi connectivity index (χ3n) is 2.96. The maximum absolute atomic E-state index is 12.3. The lowest BCUT2D eigenvalue weighted by atomic mass is 9.98. The molecule has 0 saturated carbocycles. The van der Waals surface area contributed by atoms with Gasteiger partial charge in [-0.2, -0.15) is 0 Å². The summed E-state index contributed by atoms with van der Waals surface area (Å²) in [7, 11) is 0. The maximum atomic E-state index is 12.3.